The molecule has 0 aliphatic heterocycles. The molecule has 2 rings (SSSR count). The number of aliphatic hydroxyl groups is 1. The van der Waals surface area contributed by atoms with Gasteiger partial charge in [0.05, 0.1) is 18.4 Å². The molecule has 2 aromatic carbocycles. The Balaban J connectivity index is 2.14. The molecule has 5 heteroatoms. The zero-order valence-corrected chi connectivity index (χ0v) is 17.9. The van der Waals surface area contributed by atoms with Crippen LogP contribution >= 0.6 is 7.60 Å². The van der Waals surface area contributed by atoms with Gasteiger partial charge in [0.1, 0.15) is 0 Å². The van der Waals surface area contributed by atoms with Crippen LogP contribution in [-0.2, 0) is 20.2 Å². The maximum Gasteiger partial charge on any atom is 0.336 e. The predicted molar refractivity (Wildman–Crippen MR) is 114 cm³/mol. The molecular formula is C23H33O4P. The monoisotopic (exact) mass is 404 g/mol. The zero-order chi connectivity index (χ0) is 20.2. The maximum atomic E-state index is 13.6. The van der Waals surface area contributed by atoms with Gasteiger partial charge in [-0.1, -0.05) is 99.7 Å². The Kier molecular flexibility index (Phi) is 9.94. The molecule has 0 aromatic heterocycles. The normalized spacial score (nSPS) is 15.7. The smallest absolute Gasteiger partial charge is 0.336 e. The second-order valence-electron chi connectivity index (χ2n) is 7.11. The van der Waals surface area contributed by atoms with Crippen LogP contribution in [-0.4, -0.2) is 17.9 Å². The second kappa shape index (κ2) is 12.2. The lowest BCUT2D eigenvalue weighted by Gasteiger charge is -2.30. The Hall–Kier alpha value is -1.45. The van der Waals surface area contributed by atoms with E-state index in [1.165, 1.54) is 20.0 Å². The van der Waals surface area contributed by atoms with Gasteiger partial charge in [-0.15, -0.1) is 0 Å². The van der Waals surface area contributed by atoms with E-state index >= 15 is 0 Å². The highest BCUT2D eigenvalue weighted by atomic mass is 31.2. The summed E-state index contributed by atoms with van der Waals surface area (Å²) in [5, 5.41) is 11.0. The van der Waals surface area contributed by atoms with Crippen molar-refractivity contribution < 1.29 is 18.7 Å². The van der Waals surface area contributed by atoms with Gasteiger partial charge < -0.3 is 14.2 Å². The van der Waals surface area contributed by atoms with E-state index in [0.717, 1.165) is 30.4 Å². The number of unbranched alkanes of at least 4 members (excludes halogenated alkanes) is 4. The van der Waals surface area contributed by atoms with Crippen LogP contribution in [0.25, 0.3) is 0 Å². The third kappa shape index (κ3) is 6.86. The van der Waals surface area contributed by atoms with E-state index in [0.29, 0.717) is 6.42 Å². The lowest BCUT2D eigenvalue weighted by molar-refractivity contribution is 0.136. The molecule has 3 atom stereocenters. The highest BCUT2D eigenvalue weighted by Crippen LogP contribution is 2.58. The van der Waals surface area contributed by atoms with E-state index in [4.69, 9.17) is 9.05 Å². The summed E-state index contributed by atoms with van der Waals surface area (Å²) in [7, 11) is -2.09. The van der Waals surface area contributed by atoms with Gasteiger partial charge in [0.15, 0.2) is 0 Å². The predicted octanol–water partition coefficient (Wildman–Crippen LogP) is 6.51. The summed E-state index contributed by atoms with van der Waals surface area (Å²) in [4.78, 5) is 0. The highest BCUT2D eigenvalue weighted by Gasteiger charge is 2.40. The Bertz CT molecular complexity index is 705. The average molecular weight is 404 g/mol. The maximum absolute atomic E-state index is 13.6. The van der Waals surface area contributed by atoms with Gasteiger partial charge in [-0.3, -0.25) is 4.57 Å². The van der Waals surface area contributed by atoms with Gasteiger partial charge in [0.2, 0.25) is 0 Å². The first kappa shape index (κ1) is 22.8. The van der Waals surface area contributed by atoms with Crippen LogP contribution in [0.4, 0.5) is 0 Å². The van der Waals surface area contributed by atoms with Crippen molar-refractivity contribution >= 4 is 7.60 Å². The third-order valence-electron chi connectivity index (χ3n) is 5.02. The van der Waals surface area contributed by atoms with Gasteiger partial charge in [-0.05, 0) is 17.5 Å². The quantitative estimate of drug-likeness (QED) is 0.306. The number of hydrogen-bond acceptors (Lipinski definition) is 4. The molecule has 4 nitrogen and oxygen atoms in total. The van der Waals surface area contributed by atoms with Crippen molar-refractivity contribution in [2.45, 2.75) is 63.8 Å². The SMILES string of the molecule is CCCCCCCC(C(O)c1ccccc1)P(=O)(OC)OCc1ccccc1. The van der Waals surface area contributed by atoms with Crippen molar-refractivity contribution in [2.24, 2.45) is 0 Å². The van der Waals surface area contributed by atoms with Crippen LogP contribution < -0.4 is 0 Å². The molecule has 0 spiro atoms. The van der Waals surface area contributed by atoms with Gasteiger partial charge in [-0.25, -0.2) is 0 Å². The summed E-state index contributed by atoms with van der Waals surface area (Å²) in [6, 6.07) is 19.0. The van der Waals surface area contributed by atoms with Crippen molar-refractivity contribution in [3.63, 3.8) is 0 Å². The van der Waals surface area contributed by atoms with Crippen molar-refractivity contribution in [3.05, 3.63) is 71.8 Å². The number of benzene rings is 2. The van der Waals surface area contributed by atoms with E-state index in [1.54, 1.807) is 0 Å². The Morgan fingerprint density at radius 3 is 2.14 bits per heavy atom. The Labute approximate surface area is 169 Å². The molecule has 0 amide bonds. The van der Waals surface area contributed by atoms with Crippen molar-refractivity contribution in [1.82, 2.24) is 0 Å². The molecular weight excluding hydrogens is 371 g/mol. The highest BCUT2D eigenvalue weighted by molar-refractivity contribution is 7.54. The molecule has 0 aliphatic rings. The Morgan fingerprint density at radius 2 is 1.54 bits per heavy atom. The second-order valence-corrected chi connectivity index (χ2v) is 9.47. The third-order valence-corrected chi connectivity index (χ3v) is 7.37. The van der Waals surface area contributed by atoms with Crippen molar-refractivity contribution in [3.8, 4) is 0 Å². The van der Waals surface area contributed by atoms with Crippen LogP contribution in [0, 0.1) is 0 Å². The molecule has 28 heavy (non-hydrogen) atoms. The van der Waals surface area contributed by atoms with Crippen LogP contribution in [0.3, 0.4) is 0 Å². The number of hydrogen-bond donors (Lipinski definition) is 1. The van der Waals surface area contributed by atoms with Gasteiger partial charge in [-0.2, -0.15) is 0 Å². The lowest BCUT2D eigenvalue weighted by atomic mass is 10.0. The fraction of sp³-hybridized carbons (Fsp3) is 0.478. The Morgan fingerprint density at radius 1 is 0.929 bits per heavy atom. The summed E-state index contributed by atoms with van der Waals surface area (Å²) in [6.45, 7) is 2.37. The molecule has 1 N–H and O–H groups in total. The summed E-state index contributed by atoms with van der Waals surface area (Å²) in [6.07, 6.45) is 5.15. The molecule has 0 aliphatic carbocycles. The van der Waals surface area contributed by atoms with Crippen LogP contribution in [0.1, 0.15) is 62.7 Å². The molecule has 0 fully saturated rings. The van der Waals surface area contributed by atoms with E-state index in [2.05, 4.69) is 6.92 Å². The summed E-state index contributed by atoms with van der Waals surface area (Å²) in [5.74, 6) is 0. The summed E-state index contributed by atoms with van der Waals surface area (Å²) < 4.78 is 24.8. The van der Waals surface area contributed by atoms with Crippen LogP contribution in [0.2, 0.25) is 0 Å². The van der Waals surface area contributed by atoms with E-state index in [1.807, 2.05) is 60.7 Å². The van der Waals surface area contributed by atoms with Crippen LogP contribution in [0.5, 0.6) is 0 Å². The number of aliphatic hydroxyl groups excluding tert-OH is 1. The molecule has 0 saturated carbocycles. The fourth-order valence-electron chi connectivity index (χ4n) is 3.34. The molecule has 0 heterocycles. The molecule has 0 radical (unpaired) electrons. The molecule has 3 unspecified atom stereocenters. The van der Waals surface area contributed by atoms with Gasteiger partial charge in [0, 0.05) is 7.11 Å². The summed E-state index contributed by atoms with van der Waals surface area (Å²) in [5.41, 5.74) is 1.07. The first-order valence-corrected chi connectivity index (χ1v) is 11.8. The van der Waals surface area contributed by atoms with Gasteiger partial charge in [0.25, 0.3) is 0 Å². The lowest BCUT2D eigenvalue weighted by Crippen LogP contribution is -2.21. The van der Waals surface area contributed by atoms with Gasteiger partial charge >= 0.3 is 7.60 Å². The molecule has 2 aromatic rings. The topological polar surface area (TPSA) is 55.8 Å². The summed E-state index contributed by atoms with van der Waals surface area (Å²) >= 11 is 0. The first-order valence-electron chi connectivity index (χ1n) is 10.2. The van der Waals surface area contributed by atoms with Crippen LogP contribution in [0.15, 0.2) is 60.7 Å². The first-order chi connectivity index (χ1) is 13.6. The average Bonchev–Trinajstić information content (AvgIpc) is 2.75. The standard InChI is InChI=1S/C23H33O4P/c1-3-4-5-6-13-18-22(23(24)21-16-11-8-12-17-21)28(25,26-2)27-19-20-14-9-7-10-15-20/h7-12,14-17,22-24H,3-6,13,18-19H2,1-2H3. The van der Waals surface area contributed by atoms with Crippen molar-refractivity contribution in [1.29, 1.82) is 0 Å². The van der Waals surface area contributed by atoms with E-state index < -0.39 is 19.4 Å². The molecule has 154 valence electrons. The minimum absolute atomic E-state index is 0.194. The minimum Gasteiger partial charge on any atom is -0.387 e. The zero-order valence-electron chi connectivity index (χ0n) is 17.0. The fourth-order valence-corrected chi connectivity index (χ4v) is 5.25. The van der Waals surface area contributed by atoms with Crippen molar-refractivity contribution in [2.75, 3.05) is 7.11 Å². The minimum atomic E-state index is -3.50. The number of rotatable bonds is 13. The van der Waals surface area contributed by atoms with E-state index in [-0.39, 0.29) is 6.61 Å². The van der Waals surface area contributed by atoms with E-state index in [9.17, 15) is 9.67 Å². The molecule has 0 bridgehead atoms. The molecule has 0 saturated heterocycles. The largest absolute Gasteiger partial charge is 0.387 e.